The second-order valence-corrected chi connectivity index (χ2v) is 11.2. The molecule has 6 nitrogen and oxygen atoms in total. The minimum atomic E-state index is -0.877. The summed E-state index contributed by atoms with van der Waals surface area (Å²) < 4.78 is 17.9. The van der Waals surface area contributed by atoms with Gasteiger partial charge in [-0.3, -0.25) is 4.79 Å². The Morgan fingerprint density at radius 2 is 1.53 bits per heavy atom. The quantitative estimate of drug-likeness (QED) is 0.104. The average Bonchev–Trinajstić information content (AvgIpc) is 3.03. The van der Waals surface area contributed by atoms with Crippen molar-refractivity contribution in [3.05, 3.63) is 113 Å². The second kappa shape index (κ2) is 16.5. The lowest BCUT2D eigenvalue weighted by atomic mass is 9.99. The van der Waals surface area contributed by atoms with E-state index in [1.165, 1.54) is 26.4 Å². The van der Waals surface area contributed by atoms with Crippen LogP contribution in [0.15, 0.2) is 102 Å². The zero-order valence-corrected chi connectivity index (χ0v) is 26.3. The Morgan fingerprint density at radius 1 is 0.814 bits per heavy atom. The number of methoxy groups -OCH3 is 1. The zero-order valence-electron chi connectivity index (χ0n) is 24.7. The number of esters is 1. The SMILES string of the molecule is CCCCCCCOc1ccc(Br)cc1C(=O)N[C@@H](Cc1ccc(-c2ccccc2Oc2ccccc2)cc1)C(=O)OC. The molecule has 0 aliphatic rings. The first-order chi connectivity index (χ1) is 21.0. The predicted octanol–water partition coefficient (Wildman–Crippen LogP) is 8.77. The molecule has 0 bridgehead atoms. The molecule has 0 unspecified atom stereocenters. The van der Waals surface area contributed by atoms with Crippen LogP contribution in [0.1, 0.15) is 54.9 Å². The minimum absolute atomic E-state index is 0.266. The number of hydrogen-bond acceptors (Lipinski definition) is 5. The molecular weight excluding hydrogens is 606 g/mol. The van der Waals surface area contributed by atoms with Gasteiger partial charge in [-0.1, -0.05) is 109 Å². The van der Waals surface area contributed by atoms with Crippen molar-refractivity contribution < 1.29 is 23.8 Å². The highest BCUT2D eigenvalue weighted by Gasteiger charge is 2.24. The van der Waals surface area contributed by atoms with Gasteiger partial charge >= 0.3 is 5.97 Å². The van der Waals surface area contributed by atoms with Gasteiger partial charge in [0.05, 0.1) is 19.3 Å². The first-order valence-corrected chi connectivity index (χ1v) is 15.5. The van der Waals surface area contributed by atoms with Gasteiger partial charge < -0.3 is 19.5 Å². The van der Waals surface area contributed by atoms with Gasteiger partial charge in [-0.2, -0.15) is 0 Å². The molecule has 224 valence electrons. The van der Waals surface area contributed by atoms with Crippen LogP contribution in [0.25, 0.3) is 11.1 Å². The summed E-state index contributed by atoms with van der Waals surface area (Å²) in [4.78, 5) is 26.2. The van der Waals surface area contributed by atoms with Crippen LogP contribution < -0.4 is 14.8 Å². The van der Waals surface area contributed by atoms with E-state index < -0.39 is 17.9 Å². The van der Waals surface area contributed by atoms with Gasteiger partial charge in [0, 0.05) is 16.5 Å². The monoisotopic (exact) mass is 643 g/mol. The van der Waals surface area contributed by atoms with Crippen molar-refractivity contribution in [2.75, 3.05) is 13.7 Å². The number of benzene rings is 4. The van der Waals surface area contributed by atoms with Gasteiger partial charge in [-0.25, -0.2) is 4.79 Å². The molecule has 43 heavy (non-hydrogen) atoms. The lowest BCUT2D eigenvalue weighted by molar-refractivity contribution is -0.142. The molecule has 1 N–H and O–H groups in total. The van der Waals surface area contributed by atoms with Crippen molar-refractivity contribution in [2.24, 2.45) is 0 Å². The molecule has 0 spiro atoms. The van der Waals surface area contributed by atoms with Crippen LogP contribution in [0, 0.1) is 0 Å². The molecule has 4 aromatic rings. The standard InChI is InChI=1S/C36H38BrNO5/c1-3-4-5-6-12-23-42-33-22-21-28(37)25-31(33)35(39)38-32(36(40)41-2)24-26-17-19-27(20-18-26)30-15-10-11-16-34(30)43-29-13-8-7-9-14-29/h7-11,13-22,25,32H,3-6,12,23-24H2,1-2H3,(H,38,39)/t32-/m0/s1. The summed E-state index contributed by atoms with van der Waals surface area (Å²) in [7, 11) is 1.32. The Kier molecular flexibility index (Phi) is 12.2. The predicted molar refractivity (Wildman–Crippen MR) is 174 cm³/mol. The molecule has 0 fully saturated rings. The van der Waals surface area contributed by atoms with E-state index in [1.54, 1.807) is 12.1 Å². The van der Waals surface area contributed by atoms with Gasteiger partial charge in [0.15, 0.2) is 0 Å². The van der Waals surface area contributed by atoms with Crippen molar-refractivity contribution in [1.82, 2.24) is 5.32 Å². The van der Waals surface area contributed by atoms with Gasteiger partial charge in [0.1, 0.15) is 23.3 Å². The highest BCUT2D eigenvalue weighted by Crippen LogP contribution is 2.33. The summed E-state index contributed by atoms with van der Waals surface area (Å²) in [6.07, 6.45) is 5.83. The fraction of sp³-hybridized carbons (Fsp3) is 0.278. The number of halogens is 1. The number of carbonyl (C=O) groups is 2. The fourth-order valence-corrected chi connectivity index (χ4v) is 5.09. The van der Waals surface area contributed by atoms with Crippen LogP contribution >= 0.6 is 15.9 Å². The number of unbranched alkanes of at least 4 members (excludes halogenated alkanes) is 4. The maximum Gasteiger partial charge on any atom is 0.328 e. The first kappa shape index (κ1) is 31.8. The Morgan fingerprint density at radius 3 is 2.28 bits per heavy atom. The Labute approximate surface area is 262 Å². The normalized spacial score (nSPS) is 11.4. The number of hydrogen-bond donors (Lipinski definition) is 1. The van der Waals surface area contributed by atoms with E-state index in [0.717, 1.165) is 45.5 Å². The first-order valence-electron chi connectivity index (χ1n) is 14.7. The smallest absolute Gasteiger partial charge is 0.328 e. The molecule has 0 aromatic heterocycles. The van der Waals surface area contributed by atoms with E-state index in [2.05, 4.69) is 28.2 Å². The number of para-hydroxylation sites is 2. The summed E-state index contributed by atoms with van der Waals surface area (Å²) in [5, 5.41) is 2.87. The van der Waals surface area contributed by atoms with E-state index in [4.69, 9.17) is 14.2 Å². The molecule has 4 rings (SSSR count). The number of nitrogens with one attached hydrogen (secondary N) is 1. The molecule has 1 amide bonds. The topological polar surface area (TPSA) is 73.9 Å². The molecule has 0 saturated carbocycles. The third kappa shape index (κ3) is 9.45. The van der Waals surface area contributed by atoms with Gasteiger partial charge in [-0.05, 0) is 53.9 Å². The third-order valence-corrected chi connectivity index (χ3v) is 7.54. The van der Waals surface area contributed by atoms with Crippen molar-refractivity contribution in [2.45, 2.75) is 51.5 Å². The molecule has 7 heteroatoms. The van der Waals surface area contributed by atoms with Crippen LogP contribution in [0.2, 0.25) is 0 Å². The Bertz CT molecular complexity index is 1470. The van der Waals surface area contributed by atoms with Crippen molar-refractivity contribution >= 4 is 27.8 Å². The third-order valence-electron chi connectivity index (χ3n) is 7.05. The van der Waals surface area contributed by atoms with E-state index in [9.17, 15) is 9.59 Å². The van der Waals surface area contributed by atoms with Gasteiger partial charge in [-0.15, -0.1) is 0 Å². The summed E-state index contributed by atoms with van der Waals surface area (Å²) in [5.41, 5.74) is 3.16. The highest BCUT2D eigenvalue weighted by molar-refractivity contribution is 9.10. The average molecular weight is 645 g/mol. The molecule has 0 aliphatic carbocycles. The van der Waals surface area contributed by atoms with E-state index in [1.807, 2.05) is 84.9 Å². The Balaban J connectivity index is 1.45. The van der Waals surface area contributed by atoms with E-state index >= 15 is 0 Å². The van der Waals surface area contributed by atoms with Gasteiger partial charge in [0.25, 0.3) is 5.91 Å². The second-order valence-electron chi connectivity index (χ2n) is 10.3. The van der Waals surface area contributed by atoms with Crippen molar-refractivity contribution in [1.29, 1.82) is 0 Å². The number of rotatable bonds is 15. The van der Waals surface area contributed by atoms with Gasteiger partial charge in [0.2, 0.25) is 0 Å². The number of amides is 1. The molecule has 0 saturated heterocycles. The maximum atomic E-state index is 13.4. The molecular formula is C36H38BrNO5. The van der Waals surface area contributed by atoms with Crippen LogP contribution in [0.3, 0.4) is 0 Å². The number of carbonyl (C=O) groups excluding carboxylic acids is 2. The summed E-state index contributed by atoms with van der Waals surface area (Å²) >= 11 is 3.45. The van der Waals surface area contributed by atoms with Crippen LogP contribution in [-0.2, 0) is 16.0 Å². The van der Waals surface area contributed by atoms with Crippen LogP contribution in [0.4, 0.5) is 0 Å². The largest absolute Gasteiger partial charge is 0.493 e. The molecule has 0 radical (unpaired) electrons. The fourth-order valence-electron chi connectivity index (χ4n) is 4.73. The zero-order chi connectivity index (χ0) is 30.4. The Hall–Kier alpha value is -4.10. The molecule has 4 aromatic carbocycles. The number of ether oxygens (including phenoxy) is 3. The molecule has 1 atom stereocenters. The summed E-state index contributed by atoms with van der Waals surface area (Å²) in [6, 6.07) is 29.8. The van der Waals surface area contributed by atoms with E-state index in [0.29, 0.717) is 17.9 Å². The lowest BCUT2D eigenvalue weighted by Gasteiger charge is -2.19. The minimum Gasteiger partial charge on any atom is -0.493 e. The summed E-state index contributed by atoms with van der Waals surface area (Å²) in [5.74, 6) is 1.07. The molecule has 0 heterocycles. The van der Waals surface area contributed by atoms with Crippen molar-refractivity contribution in [3.63, 3.8) is 0 Å². The van der Waals surface area contributed by atoms with E-state index in [-0.39, 0.29) is 6.42 Å². The van der Waals surface area contributed by atoms with Crippen molar-refractivity contribution in [3.8, 4) is 28.4 Å². The maximum absolute atomic E-state index is 13.4. The summed E-state index contributed by atoms with van der Waals surface area (Å²) in [6.45, 7) is 2.71. The van der Waals surface area contributed by atoms with Crippen LogP contribution in [0.5, 0.6) is 17.2 Å². The van der Waals surface area contributed by atoms with Crippen LogP contribution in [-0.4, -0.2) is 31.6 Å². The molecule has 0 aliphatic heterocycles. The highest BCUT2D eigenvalue weighted by atomic mass is 79.9. The lowest BCUT2D eigenvalue weighted by Crippen LogP contribution is -2.43.